The van der Waals surface area contributed by atoms with Crippen molar-refractivity contribution in [2.75, 3.05) is 6.54 Å². The standard InChI is InChI=1S/C13H24N2O/c1-10-8-9-14-12(10)13(16)15-11-6-4-2-3-5-7-11/h10-12,14H,2-9H2,1H3,(H,15,16). The summed E-state index contributed by atoms with van der Waals surface area (Å²) in [6.45, 7) is 3.15. The lowest BCUT2D eigenvalue weighted by molar-refractivity contribution is -0.124. The van der Waals surface area contributed by atoms with Gasteiger partial charge in [0.25, 0.3) is 0 Å². The van der Waals surface area contributed by atoms with Crippen molar-refractivity contribution in [3.05, 3.63) is 0 Å². The molecule has 2 unspecified atom stereocenters. The summed E-state index contributed by atoms with van der Waals surface area (Å²) in [4.78, 5) is 12.1. The normalized spacial score (nSPS) is 32.3. The Balaban J connectivity index is 1.81. The van der Waals surface area contributed by atoms with Crippen LogP contribution >= 0.6 is 0 Å². The third kappa shape index (κ3) is 2.97. The molecule has 0 spiro atoms. The van der Waals surface area contributed by atoms with Gasteiger partial charge in [-0.25, -0.2) is 0 Å². The van der Waals surface area contributed by atoms with Crippen LogP contribution in [-0.2, 0) is 4.79 Å². The number of amides is 1. The summed E-state index contributed by atoms with van der Waals surface area (Å²) in [6, 6.07) is 0.493. The first-order valence-corrected chi connectivity index (χ1v) is 6.81. The van der Waals surface area contributed by atoms with Gasteiger partial charge in [0.15, 0.2) is 0 Å². The number of hydrogen-bond donors (Lipinski definition) is 2. The van der Waals surface area contributed by atoms with E-state index in [9.17, 15) is 4.79 Å². The van der Waals surface area contributed by atoms with Gasteiger partial charge in [0.1, 0.15) is 0 Å². The lowest BCUT2D eigenvalue weighted by Gasteiger charge is -2.21. The number of carbonyl (C=O) groups excluding carboxylic acids is 1. The predicted octanol–water partition coefficient (Wildman–Crippen LogP) is 1.82. The average Bonchev–Trinajstić information content (AvgIpc) is 2.53. The van der Waals surface area contributed by atoms with Gasteiger partial charge in [0.05, 0.1) is 6.04 Å². The molecule has 2 N–H and O–H groups in total. The van der Waals surface area contributed by atoms with Crippen LogP contribution in [-0.4, -0.2) is 24.5 Å². The maximum atomic E-state index is 12.1. The Hall–Kier alpha value is -0.570. The molecule has 3 heteroatoms. The van der Waals surface area contributed by atoms with Gasteiger partial charge in [-0.1, -0.05) is 32.6 Å². The average molecular weight is 224 g/mol. The molecule has 0 aromatic rings. The van der Waals surface area contributed by atoms with Crippen LogP contribution in [0.3, 0.4) is 0 Å². The molecule has 1 heterocycles. The predicted molar refractivity (Wildman–Crippen MR) is 65.2 cm³/mol. The minimum absolute atomic E-state index is 0.0586. The van der Waals surface area contributed by atoms with Crippen LogP contribution in [0.15, 0.2) is 0 Å². The van der Waals surface area contributed by atoms with E-state index in [1.165, 1.54) is 38.5 Å². The molecule has 2 rings (SSSR count). The van der Waals surface area contributed by atoms with Crippen molar-refractivity contribution in [2.45, 2.75) is 64.0 Å². The highest BCUT2D eigenvalue weighted by Crippen LogP contribution is 2.19. The molecule has 0 aromatic heterocycles. The minimum Gasteiger partial charge on any atom is -0.352 e. The molecule has 3 nitrogen and oxygen atoms in total. The summed E-state index contributed by atoms with van der Waals surface area (Å²) in [7, 11) is 0. The number of nitrogens with one attached hydrogen (secondary N) is 2. The maximum Gasteiger partial charge on any atom is 0.237 e. The fourth-order valence-electron chi connectivity index (χ4n) is 2.90. The van der Waals surface area contributed by atoms with E-state index in [4.69, 9.17) is 0 Å². The number of carbonyl (C=O) groups is 1. The van der Waals surface area contributed by atoms with Crippen molar-refractivity contribution in [1.82, 2.24) is 10.6 Å². The third-order valence-electron chi connectivity index (χ3n) is 4.02. The van der Waals surface area contributed by atoms with Gasteiger partial charge >= 0.3 is 0 Å². The van der Waals surface area contributed by atoms with E-state index in [0.717, 1.165) is 13.0 Å². The first-order valence-electron chi connectivity index (χ1n) is 6.81. The van der Waals surface area contributed by atoms with E-state index in [-0.39, 0.29) is 11.9 Å². The van der Waals surface area contributed by atoms with Gasteiger partial charge in [0.2, 0.25) is 5.91 Å². The molecule has 2 atom stereocenters. The fourth-order valence-corrected chi connectivity index (χ4v) is 2.90. The SMILES string of the molecule is CC1CCNC1C(=O)NC1CCCCCC1. The summed E-state index contributed by atoms with van der Waals surface area (Å²) in [5.41, 5.74) is 0. The zero-order chi connectivity index (χ0) is 11.4. The largest absolute Gasteiger partial charge is 0.352 e. The molecule has 2 fully saturated rings. The Bertz CT molecular complexity index is 234. The summed E-state index contributed by atoms with van der Waals surface area (Å²) in [6.07, 6.45) is 8.70. The summed E-state index contributed by atoms with van der Waals surface area (Å²) in [5, 5.41) is 6.53. The molecule has 16 heavy (non-hydrogen) atoms. The van der Waals surface area contributed by atoms with Crippen LogP contribution in [0.1, 0.15) is 51.9 Å². The van der Waals surface area contributed by atoms with E-state index in [1.54, 1.807) is 0 Å². The quantitative estimate of drug-likeness (QED) is 0.703. The van der Waals surface area contributed by atoms with Crippen molar-refractivity contribution in [3.8, 4) is 0 Å². The molecule has 1 aliphatic carbocycles. The highest BCUT2D eigenvalue weighted by molar-refractivity contribution is 5.82. The Morgan fingerprint density at radius 2 is 1.81 bits per heavy atom. The highest BCUT2D eigenvalue weighted by atomic mass is 16.2. The number of rotatable bonds is 2. The third-order valence-corrected chi connectivity index (χ3v) is 4.02. The van der Waals surface area contributed by atoms with Crippen molar-refractivity contribution in [1.29, 1.82) is 0 Å². The van der Waals surface area contributed by atoms with Crippen LogP contribution in [0, 0.1) is 5.92 Å². The van der Waals surface area contributed by atoms with E-state index in [2.05, 4.69) is 17.6 Å². The van der Waals surface area contributed by atoms with Crippen LogP contribution in [0.5, 0.6) is 0 Å². The second-order valence-corrected chi connectivity index (χ2v) is 5.39. The molecule has 0 radical (unpaired) electrons. The molecular weight excluding hydrogens is 200 g/mol. The zero-order valence-electron chi connectivity index (χ0n) is 10.3. The van der Waals surface area contributed by atoms with E-state index in [1.807, 2.05) is 0 Å². The second kappa shape index (κ2) is 5.67. The molecule has 1 aliphatic heterocycles. The van der Waals surface area contributed by atoms with Gasteiger partial charge in [0, 0.05) is 6.04 Å². The van der Waals surface area contributed by atoms with E-state index in [0.29, 0.717) is 12.0 Å². The van der Waals surface area contributed by atoms with Crippen molar-refractivity contribution in [2.24, 2.45) is 5.92 Å². The Morgan fingerprint density at radius 1 is 1.12 bits per heavy atom. The van der Waals surface area contributed by atoms with Crippen molar-refractivity contribution < 1.29 is 4.79 Å². The molecule has 1 saturated carbocycles. The maximum absolute atomic E-state index is 12.1. The van der Waals surface area contributed by atoms with Crippen LogP contribution in [0.4, 0.5) is 0 Å². The van der Waals surface area contributed by atoms with Crippen LogP contribution in [0.2, 0.25) is 0 Å². The van der Waals surface area contributed by atoms with Crippen molar-refractivity contribution >= 4 is 5.91 Å². The van der Waals surface area contributed by atoms with Gasteiger partial charge in [-0.3, -0.25) is 4.79 Å². The smallest absolute Gasteiger partial charge is 0.237 e. The Morgan fingerprint density at radius 3 is 2.38 bits per heavy atom. The minimum atomic E-state index is 0.0586. The molecule has 2 aliphatic rings. The Kier molecular flexibility index (Phi) is 4.22. The van der Waals surface area contributed by atoms with Gasteiger partial charge in [-0.2, -0.15) is 0 Å². The highest BCUT2D eigenvalue weighted by Gasteiger charge is 2.30. The molecule has 1 amide bonds. The second-order valence-electron chi connectivity index (χ2n) is 5.39. The summed E-state index contributed by atoms with van der Waals surface area (Å²) < 4.78 is 0. The number of hydrogen-bond acceptors (Lipinski definition) is 2. The first-order chi connectivity index (χ1) is 7.77. The van der Waals surface area contributed by atoms with Gasteiger partial charge < -0.3 is 10.6 Å². The van der Waals surface area contributed by atoms with Gasteiger partial charge in [-0.05, 0) is 31.7 Å². The van der Waals surface area contributed by atoms with Crippen LogP contribution in [0.25, 0.3) is 0 Å². The molecule has 92 valence electrons. The summed E-state index contributed by atoms with van der Waals surface area (Å²) >= 11 is 0. The van der Waals surface area contributed by atoms with E-state index < -0.39 is 0 Å². The monoisotopic (exact) mass is 224 g/mol. The lowest BCUT2D eigenvalue weighted by Crippen LogP contribution is -2.47. The summed E-state index contributed by atoms with van der Waals surface area (Å²) in [5.74, 6) is 0.725. The fraction of sp³-hybridized carbons (Fsp3) is 0.923. The van der Waals surface area contributed by atoms with Gasteiger partial charge in [-0.15, -0.1) is 0 Å². The molecular formula is C13H24N2O. The first kappa shape index (κ1) is 11.9. The Labute approximate surface area is 98.4 Å². The topological polar surface area (TPSA) is 41.1 Å². The zero-order valence-corrected chi connectivity index (χ0v) is 10.3. The molecule has 1 saturated heterocycles. The molecule has 0 aromatic carbocycles. The van der Waals surface area contributed by atoms with Crippen LogP contribution < -0.4 is 10.6 Å². The molecule has 0 bridgehead atoms. The lowest BCUT2D eigenvalue weighted by atomic mass is 10.0. The van der Waals surface area contributed by atoms with Crippen molar-refractivity contribution in [3.63, 3.8) is 0 Å². The van der Waals surface area contributed by atoms with E-state index >= 15 is 0 Å².